The summed E-state index contributed by atoms with van der Waals surface area (Å²) >= 11 is 0. The minimum atomic E-state index is -1.23. The number of fused-ring (bicyclic) bond motifs is 1. The summed E-state index contributed by atoms with van der Waals surface area (Å²) < 4.78 is 45.8. The van der Waals surface area contributed by atoms with Crippen molar-refractivity contribution in [1.82, 2.24) is 0 Å². The van der Waals surface area contributed by atoms with Crippen LogP contribution in [0.1, 0.15) is 31.8 Å². The Bertz CT molecular complexity index is 1420. The Hall–Kier alpha value is -4.04. The molecule has 0 aliphatic heterocycles. The summed E-state index contributed by atoms with van der Waals surface area (Å²) in [6.07, 6.45) is 0.483. The number of halogens is 2. The Balaban J connectivity index is 2.07. The molecule has 0 aliphatic rings. The number of ether oxygens (including phenoxy) is 2. The summed E-state index contributed by atoms with van der Waals surface area (Å²) in [5.41, 5.74) is 1.70. The molecule has 0 radical (unpaired) electrons. The van der Waals surface area contributed by atoms with Gasteiger partial charge in [-0.15, -0.1) is 0 Å². The van der Waals surface area contributed by atoms with Crippen LogP contribution in [-0.4, -0.2) is 31.6 Å². The zero-order valence-corrected chi connectivity index (χ0v) is 18.6. The summed E-state index contributed by atoms with van der Waals surface area (Å²) in [5, 5.41) is 9.56. The van der Waals surface area contributed by atoms with Gasteiger partial charge < -0.3 is 19.0 Å². The highest BCUT2D eigenvalue weighted by Gasteiger charge is 2.26. The van der Waals surface area contributed by atoms with E-state index in [2.05, 4.69) is 0 Å². The van der Waals surface area contributed by atoms with Crippen molar-refractivity contribution in [2.45, 2.75) is 13.5 Å². The van der Waals surface area contributed by atoms with Crippen molar-refractivity contribution in [1.29, 1.82) is 0 Å². The Kier molecular flexibility index (Phi) is 6.17. The van der Waals surface area contributed by atoms with Gasteiger partial charge in [0.1, 0.15) is 34.3 Å². The molecular weight excluding hydrogens is 446 g/mol. The minimum absolute atomic E-state index is 0.000921. The van der Waals surface area contributed by atoms with E-state index >= 15 is 4.39 Å². The number of carbonyl (C=O) groups excluding carboxylic acids is 1. The zero-order chi connectivity index (χ0) is 24.6. The zero-order valence-electron chi connectivity index (χ0n) is 18.6. The van der Waals surface area contributed by atoms with Crippen molar-refractivity contribution < 1.29 is 37.4 Å². The van der Waals surface area contributed by atoms with Crippen LogP contribution in [0, 0.1) is 18.6 Å². The van der Waals surface area contributed by atoms with Gasteiger partial charge >= 0.3 is 5.97 Å². The second-order valence-corrected chi connectivity index (χ2v) is 7.67. The van der Waals surface area contributed by atoms with Crippen molar-refractivity contribution in [3.8, 4) is 28.2 Å². The number of benzene rings is 3. The van der Waals surface area contributed by atoms with E-state index in [1.165, 1.54) is 50.6 Å². The quantitative estimate of drug-likeness (QED) is 0.335. The van der Waals surface area contributed by atoms with Crippen LogP contribution in [0.2, 0.25) is 0 Å². The maximum atomic E-state index is 16.2. The average Bonchev–Trinajstić information content (AvgIpc) is 3.19. The highest BCUT2D eigenvalue weighted by molar-refractivity contribution is 6.05. The lowest BCUT2D eigenvalue weighted by Gasteiger charge is -2.16. The smallest absolute Gasteiger partial charge is 0.339 e. The fraction of sp³-hybridized carbons (Fsp3) is 0.154. The molecule has 3 aromatic carbocycles. The third kappa shape index (κ3) is 3.82. The van der Waals surface area contributed by atoms with Gasteiger partial charge in [0.15, 0.2) is 6.29 Å². The van der Waals surface area contributed by atoms with E-state index in [0.717, 1.165) is 0 Å². The number of furan rings is 1. The lowest BCUT2D eigenvalue weighted by molar-refractivity contribution is 0.0693. The Labute approximate surface area is 193 Å². The number of carboxylic acids is 1. The molecular formula is C26H20F2O6. The van der Waals surface area contributed by atoms with Crippen molar-refractivity contribution in [3.05, 3.63) is 76.4 Å². The second-order valence-electron chi connectivity index (χ2n) is 7.67. The van der Waals surface area contributed by atoms with Crippen LogP contribution in [0.5, 0.6) is 5.75 Å². The summed E-state index contributed by atoms with van der Waals surface area (Å²) in [6.45, 7) is 1.70. The molecule has 0 amide bonds. The van der Waals surface area contributed by atoms with Crippen LogP contribution in [0.15, 0.2) is 46.9 Å². The van der Waals surface area contributed by atoms with Gasteiger partial charge in [0, 0.05) is 18.2 Å². The topological polar surface area (TPSA) is 86.0 Å². The molecule has 34 heavy (non-hydrogen) atoms. The number of aryl methyl sites for hydroxylation is 1. The molecule has 0 atom stereocenters. The average molecular weight is 466 g/mol. The first-order valence-corrected chi connectivity index (χ1v) is 10.2. The third-order valence-corrected chi connectivity index (χ3v) is 5.61. The standard InChI is InChI=1S/C26H20F2O6/c1-13-8-20(33-3)18(26(30)31)10-17(13)22-15(12-32-2)9-21-23(24(22)28)19(11-29)25(34-21)14-4-6-16(27)7-5-14/h4-11H,12H2,1-3H3,(H,30,31). The molecule has 0 spiro atoms. The predicted octanol–water partition coefficient (Wildman–Crippen LogP) is 6.02. The van der Waals surface area contributed by atoms with Gasteiger partial charge in [-0.3, -0.25) is 4.79 Å². The Morgan fingerprint density at radius 2 is 1.82 bits per heavy atom. The fourth-order valence-corrected chi connectivity index (χ4v) is 4.06. The van der Waals surface area contributed by atoms with E-state index in [-0.39, 0.29) is 45.8 Å². The lowest BCUT2D eigenvalue weighted by atomic mass is 9.91. The van der Waals surface area contributed by atoms with Crippen LogP contribution in [0.25, 0.3) is 33.4 Å². The largest absolute Gasteiger partial charge is 0.496 e. The van der Waals surface area contributed by atoms with E-state index in [0.29, 0.717) is 28.5 Å². The first-order chi connectivity index (χ1) is 16.3. The highest BCUT2D eigenvalue weighted by atomic mass is 19.1. The van der Waals surface area contributed by atoms with Crippen molar-refractivity contribution >= 4 is 23.2 Å². The molecule has 0 aliphatic carbocycles. The first kappa shape index (κ1) is 23.1. The van der Waals surface area contributed by atoms with E-state index in [4.69, 9.17) is 13.9 Å². The van der Waals surface area contributed by atoms with Crippen molar-refractivity contribution in [2.24, 2.45) is 0 Å². The lowest BCUT2D eigenvalue weighted by Crippen LogP contribution is -2.04. The molecule has 0 unspecified atom stereocenters. The molecule has 1 N–H and O–H groups in total. The molecule has 0 fully saturated rings. The van der Waals surface area contributed by atoms with Crippen LogP contribution in [0.4, 0.5) is 8.78 Å². The highest BCUT2D eigenvalue weighted by Crippen LogP contribution is 2.42. The summed E-state index contributed by atoms with van der Waals surface area (Å²) in [5.74, 6) is -2.22. The molecule has 0 bridgehead atoms. The molecule has 1 aromatic heterocycles. The SMILES string of the molecule is COCc1cc2oc(-c3ccc(F)cc3)c(C=O)c2c(F)c1-c1cc(C(=O)O)c(OC)cc1C. The summed E-state index contributed by atoms with van der Waals surface area (Å²) in [7, 11) is 2.79. The van der Waals surface area contributed by atoms with Gasteiger partial charge in [-0.1, -0.05) is 0 Å². The summed E-state index contributed by atoms with van der Waals surface area (Å²) in [6, 6.07) is 9.69. The third-order valence-electron chi connectivity index (χ3n) is 5.61. The van der Waals surface area contributed by atoms with Gasteiger partial charge in [-0.2, -0.15) is 0 Å². The van der Waals surface area contributed by atoms with Gasteiger partial charge in [0.2, 0.25) is 0 Å². The molecule has 1 heterocycles. The monoisotopic (exact) mass is 466 g/mol. The number of carboxylic acid groups (broad SMARTS) is 1. The normalized spacial score (nSPS) is 11.1. The number of hydrogen-bond donors (Lipinski definition) is 1. The van der Waals surface area contributed by atoms with Gasteiger partial charge in [-0.05, 0) is 66.1 Å². The molecule has 4 aromatic rings. The van der Waals surface area contributed by atoms with Crippen LogP contribution in [-0.2, 0) is 11.3 Å². The second kappa shape index (κ2) is 9.07. The minimum Gasteiger partial charge on any atom is -0.496 e. The maximum Gasteiger partial charge on any atom is 0.339 e. The maximum absolute atomic E-state index is 16.2. The molecule has 4 rings (SSSR count). The number of methoxy groups -OCH3 is 2. The van der Waals surface area contributed by atoms with Gasteiger partial charge in [0.25, 0.3) is 0 Å². The predicted molar refractivity (Wildman–Crippen MR) is 121 cm³/mol. The molecule has 6 nitrogen and oxygen atoms in total. The number of hydrogen-bond acceptors (Lipinski definition) is 5. The van der Waals surface area contributed by atoms with Crippen LogP contribution < -0.4 is 4.74 Å². The van der Waals surface area contributed by atoms with Crippen molar-refractivity contribution in [3.63, 3.8) is 0 Å². The van der Waals surface area contributed by atoms with Crippen molar-refractivity contribution in [2.75, 3.05) is 14.2 Å². The fourth-order valence-electron chi connectivity index (χ4n) is 4.06. The molecule has 0 saturated carbocycles. The van der Waals surface area contributed by atoms with E-state index in [1.807, 2.05) is 0 Å². The molecule has 8 heteroatoms. The van der Waals surface area contributed by atoms with E-state index in [1.54, 1.807) is 13.0 Å². The number of aromatic carboxylic acids is 1. The Morgan fingerprint density at radius 3 is 2.41 bits per heavy atom. The molecule has 174 valence electrons. The van der Waals surface area contributed by atoms with E-state index < -0.39 is 17.6 Å². The van der Waals surface area contributed by atoms with E-state index in [9.17, 15) is 19.1 Å². The molecule has 0 saturated heterocycles. The number of carbonyl (C=O) groups is 2. The number of rotatable bonds is 7. The van der Waals surface area contributed by atoms with Crippen LogP contribution in [0.3, 0.4) is 0 Å². The van der Waals surface area contributed by atoms with Gasteiger partial charge in [-0.25, -0.2) is 13.6 Å². The number of aldehydes is 1. The summed E-state index contributed by atoms with van der Waals surface area (Å²) in [4.78, 5) is 23.8. The van der Waals surface area contributed by atoms with Gasteiger partial charge in [0.05, 0.1) is 24.7 Å². The first-order valence-electron chi connectivity index (χ1n) is 10.2. The van der Waals surface area contributed by atoms with Crippen LogP contribution >= 0.6 is 0 Å². The Morgan fingerprint density at radius 1 is 1.12 bits per heavy atom.